The van der Waals surface area contributed by atoms with Gasteiger partial charge in [0.25, 0.3) is 0 Å². The van der Waals surface area contributed by atoms with Gasteiger partial charge in [0, 0.05) is 17.6 Å². The molecule has 1 heterocycles. The Labute approximate surface area is 106 Å². The number of ether oxygens (including phenoxy) is 1. The lowest BCUT2D eigenvalue weighted by molar-refractivity contribution is 0.0636. The van der Waals surface area contributed by atoms with E-state index in [1.54, 1.807) is 6.20 Å². The molecule has 0 bridgehead atoms. The molecule has 0 fully saturated rings. The Kier molecular flexibility index (Phi) is 4.47. The first-order valence-electron chi connectivity index (χ1n) is 5.36. The zero-order chi connectivity index (χ0) is 13.1. The smallest absolute Gasteiger partial charge is 0.413 e. The summed E-state index contributed by atoms with van der Waals surface area (Å²) < 4.78 is 5.14. The largest absolute Gasteiger partial charge is 0.444 e. The van der Waals surface area contributed by atoms with Crippen molar-refractivity contribution in [3.63, 3.8) is 0 Å². The molecule has 1 N–H and O–H groups in total. The van der Waals surface area contributed by atoms with Gasteiger partial charge in [0.2, 0.25) is 0 Å². The van der Waals surface area contributed by atoms with Gasteiger partial charge in [-0.3, -0.25) is 5.32 Å². The van der Waals surface area contributed by atoms with Crippen LogP contribution in [0.1, 0.15) is 25.6 Å². The van der Waals surface area contributed by atoms with Crippen LogP contribution in [0.4, 0.5) is 9.93 Å². The molecule has 17 heavy (non-hydrogen) atoms. The van der Waals surface area contributed by atoms with Crippen molar-refractivity contribution < 1.29 is 9.53 Å². The monoisotopic (exact) mass is 257 g/mol. The number of carbonyl (C=O) groups excluding carboxylic acids is 1. The number of nitrogens with one attached hydrogen (secondary N) is 1. The molecule has 0 spiro atoms. The van der Waals surface area contributed by atoms with Crippen molar-refractivity contribution in [1.29, 1.82) is 0 Å². The molecule has 0 aliphatic carbocycles. The second-order valence-electron chi connectivity index (χ2n) is 5.00. The van der Waals surface area contributed by atoms with Crippen molar-refractivity contribution in [2.75, 3.05) is 19.4 Å². The third-order valence-corrected chi connectivity index (χ3v) is 2.53. The highest BCUT2D eigenvalue weighted by atomic mass is 32.1. The molecule has 1 rings (SSSR count). The van der Waals surface area contributed by atoms with Crippen LogP contribution < -0.4 is 5.32 Å². The highest BCUT2D eigenvalue weighted by Crippen LogP contribution is 2.19. The number of aromatic nitrogens is 1. The van der Waals surface area contributed by atoms with Crippen LogP contribution >= 0.6 is 11.3 Å². The predicted molar refractivity (Wildman–Crippen MR) is 69.4 cm³/mol. The van der Waals surface area contributed by atoms with Gasteiger partial charge >= 0.3 is 6.09 Å². The van der Waals surface area contributed by atoms with E-state index >= 15 is 0 Å². The Morgan fingerprint density at radius 2 is 2.18 bits per heavy atom. The number of amides is 1. The molecule has 0 saturated heterocycles. The van der Waals surface area contributed by atoms with Crippen molar-refractivity contribution in [3.05, 3.63) is 11.1 Å². The van der Waals surface area contributed by atoms with Gasteiger partial charge in [-0.05, 0) is 34.9 Å². The molecule has 96 valence electrons. The van der Waals surface area contributed by atoms with Gasteiger partial charge in [-0.15, -0.1) is 11.3 Å². The molecule has 0 aromatic carbocycles. The summed E-state index contributed by atoms with van der Waals surface area (Å²) in [5, 5.41) is 3.19. The number of carbonyl (C=O) groups is 1. The van der Waals surface area contributed by atoms with Crippen LogP contribution in [0.15, 0.2) is 6.20 Å². The predicted octanol–water partition coefficient (Wildman–Crippen LogP) is 2.55. The van der Waals surface area contributed by atoms with Gasteiger partial charge in [0.15, 0.2) is 5.13 Å². The average Bonchev–Trinajstić information content (AvgIpc) is 2.46. The molecule has 0 aliphatic rings. The molecule has 1 aromatic heterocycles. The lowest BCUT2D eigenvalue weighted by Gasteiger charge is -2.18. The summed E-state index contributed by atoms with van der Waals surface area (Å²) in [5.74, 6) is 0. The van der Waals surface area contributed by atoms with Crippen LogP contribution in [-0.2, 0) is 11.3 Å². The number of hydrogen-bond donors (Lipinski definition) is 1. The third-order valence-electron chi connectivity index (χ3n) is 1.63. The maximum absolute atomic E-state index is 11.5. The fourth-order valence-electron chi connectivity index (χ4n) is 1.14. The Bertz CT molecular complexity index is 382. The van der Waals surface area contributed by atoms with Gasteiger partial charge in [-0.1, -0.05) is 0 Å². The van der Waals surface area contributed by atoms with Crippen LogP contribution in [0.3, 0.4) is 0 Å². The van der Waals surface area contributed by atoms with Crippen molar-refractivity contribution >= 4 is 22.6 Å². The van der Waals surface area contributed by atoms with Gasteiger partial charge in [0.1, 0.15) is 5.60 Å². The maximum atomic E-state index is 11.5. The summed E-state index contributed by atoms with van der Waals surface area (Å²) in [6, 6.07) is 0. The standard InChI is InChI=1S/C11H19N3O2S/c1-11(2,3)16-10(15)13-9-12-6-8(17-9)7-14(4)5/h6H,7H2,1-5H3,(H,12,13,15). The Balaban J connectivity index is 2.52. The third kappa shape index (κ3) is 5.65. The van der Waals surface area contributed by atoms with Crippen LogP contribution in [0, 0.1) is 0 Å². The van der Waals surface area contributed by atoms with E-state index in [0.717, 1.165) is 11.4 Å². The fourth-order valence-corrected chi connectivity index (χ4v) is 2.06. The van der Waals surface area contributed by atoms with Crippen LogP contribution in [-0.4, -0.2) is 35.7 Å². The molecular weight excluding hydrogens is 238 g/mol. The Morgan fingerprint density at radius 3 is 2.71 bits per heavy atom. The molecule has 0 aliphatic heterocycles. The summed E-state index contributed by atoms with van der Waals surface area (Å²) in [6.07, 6.45) is 1.29. The molecule has 1 aromatic rings. The second-order valence-corrected chi connectivity index (χ2v) is 6.11. The lowest BCUT2D eigenvalue weighted by atomic mass is 10.2. The topological polar surface area (TPSA) is 54.5 Å². The molecule has 1 amide bonds. The van der Waals surface area contributed by atoms with Crippen molar-refractivity contribution in [1.82, 2.24) is 9.88 Å². The number of hydrogen-bond acceptors (Lipinski definition) is 5. The van der Waals surface area contributed by atoms with E-state index in [1.807, 2.05) is 39.8 Å². The van der Waals surface area contributed by atoms with Crippen LogP contribution in [0.5, 0.6) is 0 Å². The van der Waals surface area contributed by atoms with Crippen molar-refractivity contribution in [2.45, 2.75) is 32.9 Å². The lowest BCUT2D eigenvalue weighted by Crippen LogP contribution is -2.27. The minimum Gasteiger partial charge on any atom is -0.444 e. The molecule has 5 nitrogen and oxygen atoms in total. The molecular formula is C11H19N3O2S. The summed E-state index contributed by atoms with van der Waals surface area (Å²) >= 11 is 1.45. The zero-order valence-electron chi connectivity index (χ0n) is 10.9. The minimum atomic E-state index is -0.492. The Hall–Kier alpha value is -1.14. The van der Waals surface area contributed by atoms with E-state index in [4.69, 9.17) is 4.74 Å². The average molecular weight is 257 g/mol. The van der Waals surface area contributed by atoms with E-state index in [-0.39, 0.29) is 0 Å². The van der Waals surface area contributed by atoms with E-state index in [0.29, 0.717) is 5.13 Å². The number of anilines is 1. The van der Waals surface area contributed by atoms with E-state index < -0.39 is 11.7 Å². The first-order chi connectivity index (χ1) is 7.76. The number of nitrogens with zero attached hydrogens (tertiary/aromatic N) is 2. The summed E-state index contributed by atoms with van der Waals surface area (Å²) in [7, 11) is 3.97. The first-order valence-corrected chi connectivity index (χ1v) is 6.17. The molecule has 0 unspecified atom stereocenters. The highest BCUT2D eigenvalue weighted by Gasteiger charge is 2.17. The van der Waals surface area contributed by atoms with Crippen molar-refractivity contribution in [2.24, 2.45) is 0 Å². The normalized spacial score (nSPS) is 11.6. The van der Waals surface area contributed by atoms with E-state index in [9.17, 15) is 4.79 Å². The summed E-state index contributed by atoms with van der Waals surface area (Å²) in [5.41, 5.74) is -0.492. The SMILES string of the molecule is CN(C)Cc1cnc(NC(=O)OC(C)(C)C)s1. The van der Waals surface area contributed by atoms with Gasteiger partial charge < -0.3 is 9.64 Å². The van der Waals surface area contributed by atoms with Gasteiger partial charge in [0.05, 0.1) is 0 Å². The van der Waals surface area contributed by atoms with E-state index in [2.05, 4.69) is 10.3 Å². The first kappa shape index (κ1) is 13.9. The molecule has 0 radical (unpaired) electrons. The maximum Gasteiger partial charge on any atom is 0.413 e. The van der Waals surface area contributed by atoms with Crippen LogP contribution in [0.2, 0.25) is 0 Å². The fraction of sp³-hybridized carbons (Fsp3) is 0.636. The number of rotatable bonds is 3. The second kappa shape index (κ2) is 5.46. The highest BCUT2D eigenvalue weighted by molar-refractivity contribution is 7.15. The van der Waals surface area contributed by atoms with Gasteiger partial charge in [-0.2, -0.15) is 0 Å². The zero-order valence-corrected chi connectivity index (χ0v) is 11.7. The molecule has 0 saturated carbocycles. The quantitative estimate of drug-likeness (QED) is 0.904. The van der Waals surface area contributed by atoms with E-state index in [1.165, 1.54) is 11.3 Å². The molecule has 6 heteroatoms. The number of thiazole rings is 1. The van der Waals surface area contributed by atoms with Crippen LogP contribution in [0.25, 0.3) is 0 Å². The minimum absolute atomic E-state index is 0.469. The van der Waals surface area contributed by atoms with Gasteiger partial charge in [-0.25, -0.2) is 9.78 Å². The summed E-state index contributed by atoms with van der Waals surface area (Å²) in [4.78, 5) is 18.7. The molecule has 0 atom stereocenters. The Morgan fingerprint density at radius 1 is 1.53 bits per heavy atom. The van der Waals surface area contributed by atoms with Crippen molar-refractivity contribution in [3.8, 4) is 0 Å². The summed E-state index contributed by atoms with van der Waals surface area (Å²) in [6.45, 7) is 6.29.